The van der Waals surface area contributed by atoms with Gasteiger partial charge in [0.2, 0.25) is 0 Å². The highest BCUT2D eigenvalue weighted by molar-refractivity contribution is 7.99. The van der Waals surface area contributed by atoms with Gasteiger partial charge in [0.15, 0.2) is 5.78 Å². The number of carbonyl (C=O) groups excluding carboxylic acids is 2. The first kappa shape index (κ1) is 24.7. The highest BCUT2D eigenvalue weighted by atomic mass is 32.2. The summed E-state index contributed by atoms with van der Waals surface area (Å²) in [5.74, 6) is -0.554. The molecule has 0 aliphatic carbocycles. The topological polar surface area (TPSA) is 66.8 Å². The van der Waals surface area contributed by atoms with Crippen LogP contribution >= 0.6 is 11.8 Å². The van der Waals surface area contributed by atoms with Gasteiger partial charge >= 0.3 is 6.36 Å². The van der Waals surface area contributed by atoms with Crippen LogP contribution in [0.25, 0.3) is 0 Å². The van der Waals surface area contributed by atoms with E-state index in [2.05, 4.69) is 4.74 Å². The van der Waals surface area contributed by atoms with Crippen molar-refractivity contribution in [3.63, 3.8) is 0 Å². The number of alkyl halides is 3. The summed E-state index contributed by atoms with van der Waals surface area (Å²) in [7, 11) is 0. The largest absolute Gasteiger partial charge is 0.573 e. The number of rotatable bonds is 6. The van der Waals surface area contributed by atoms with Gasteiger partial charge in [-0.15, -0.1) is 13.2 Å². The van der Waals surface area contributed by atoms with Crippen molar-refractivity contribution in [3.8, 4) is 11.5 Å². The number of piperidine rings is 1. The molecule has 0 bridgehead atoms. The van der Waals surface area contributed by atoms with E-state index in [1.165, 1.54) is 48.2 Å². The van der Waals surface area contributed by atoms with Crippen molar-refractivity contribution in [1.82, 2.24) is 4.90 Å². The van der Waals surface area contributed by atoms with Gasteiger partial charge in [-0.05, 0) is 67.4 Å². The highest BCUT2D eigenvalue weighted by Crippen LogP contribution is 2.31. The minimum Gasteiger partial charge on any atom is -0.508 e. The van der Waals surface area contributed by atoms with Gasteiger partial charge in [-0.3, -0.25) is 9.59 Å². The molecule has 1 N–H and O–H groups in total. The van der Waals surface area contributed by atoms with Crippen molar-refractivity contribution in [1.29, 1.82) is 0 Å². The van der Waals surface area contributed by atoms with Crippen LogP contribution in [-0.4, -0.2) is 41.1 Å². The molecule has 1 saturated heterocycles. The zero-order valence-corrected chi connectivity index (χ0v) is 19.3. The van der Waals surface area contributed by atoms with Crippen molar-refractivity contribution in [2.45, 2.75) is 29.0 Å². The number of carbonyl (C=O) groups is 2. The Bertz CT molecular complexity index is 1190. The van der Waals surface area contributed by atoms with E-state index in [0.717, 1.165) is 9.79 Å². The molecular formula is C26H22F3NO4S. The fourth-order valence-corrected chi connectivity index (χ4v) is 4.75. The van der Waals surface area contributed by atoms with Gasteiger partial charge < -0.3 is 14.7 Å². The summed E-state index contributed by atoms with van der Waals surface area (Å²) >= 11 is 1.36. The van der Waals surface area contributed by atoms with Crippen LogP contribution in [0, 0.1) is 5.92 Å². The molecule has 1 amide bonds. The lowest BCUT2D eigenvalue weighted by atomic mass is 9.88. The fraction of sp³-hybridized carbons (Fsp3) is 0.231. The average molecular weight is 502 g/mol. The maximum atomic E-state index is 13.0. The number of aromatic hydroxyl groups is 1. The molecule has 0 radical (unpaired) electrons. The highest BCUT2D eigenvalue weighted by Gasteiger charge is 2.31. The Balaban J connectivity index is 1.31. The molecule has 35 heavy (non-hydrogen) atoms. The van der Waals surface area contributed by atoms with Crippen LogP contribution in [0.2, 0.25) is 0 Å². The number of ether oxygens (including phenoxy) is 1. The van der Waals surface area contributed by atoms with E-state index in [0.29, 0.717) is 37.1 Å². The lowest BCUT2D eigenvalue weighted by Gasteiger charge is -2.31. The zero-order valence-electron chi connectivity index (χ0n) is 18.5. The first-order chi connectivity index (χ1) is 16.7. The summed E-state index contributed by atoms with van der Waals surface area (Å²) < 4.78 is 40.7. The van der Waals surface area contributed by atoms with E-state index in [1.807, 2.05) is 0 Å². The molecule has 1 aliphatic heterocycles. The molecule has 1 heterocycles. The van der Waals surface area contributed by atoms with Gasteiger partial charge in [-0.25, -0.2) is 0 Å². The molecule has 3 aromatic carbocycles. The molecule has 4 rings (SSSR count). The number of likely N-dealkylation sites (tertiary alicyclic amines) is 1. The quantitative estimate of drug-likeness (QED) is 0.409. The van der Waals surface area contributed by atoms with Crippen molar-refractivity contribution < 1.29 is 32.6 Å². The molecule has 9 heteroatoms. The second-order valence-corrected chi connectivity index (χ2v) is 9.27. The van der Waals surface area contributed by atoms with Crippen LogP contribution in [0.1, 0.15) is 33.6 Å². The molecule has 0 saturated carbocycles. The first-order valence-electron chi connectivity index (χ1n) is 10.9. The predicted molar refractivity (Wildman–Crippen MR) is 125 cm³/mol. The van der Waals surface area contributed by atoms with E-state index in [-0.39, 0.29) is 29.1 Å². The van der Waals surface area contributed by atoms with Gasteiger partial charge in [0.1, 0.15) is 11.5 Å². The maximum Gasteiger partial charge on any atom is 0.573 e. The zero-order chi connectivity index (χ0) is 25.0. The molecule has 0 spiro atoms. The minimum atomic E-state index is -4.73. The Morgan fingerprint density at radius 2 is 1.49 bits per heavy atom. The fourth-order valence-electron chi connectivity index (χ4n) is 3.93. The van der Waals surface area contributed by atoms with Crippen LogP contribution in [0.15, 0.2) is 82.6 Å². The number of hydrogen-bond acceptors (Lipinski definition) is 5. The molecule has 182 valence electrons. The van der Waals surface area contributed by atoms with E-state index < -0.39 is 6.36 Å². The Hall–Kier alpha value is -3.46. The Morgan fingerprint density at radius 3 is 2.06 bits per heavy atom. The number of halogens is 3. The standard InChI is InChI=1S/C26H22F3NO4S/c27-26(28,29)34-21-6-10-23(11-7-21)35-22-8-4-17(5-9-22)24(32)18-12-14-30(15-13-18)25(33)19-2-1-3-20(31)16-19/h1-11,16,18,31H,12-15H2. The summed E-state index contributed by atoms with van der Waals surface area (Å²) in [6.07, 6.45) is -3.60. The molecule has 0 atom stereocenters. The second-order valence-electron chi connectivity index (χ2n) is 8.13. The Morgan fingerprint density at radius 1 is 0.886 bits per heavy atom. The third kappa shape index (κ3) is 6.57. The van der Waals surface area contributed by atoms with Gasteiger partial charge in [0, 0.05) is 39.9 Å². The monoisotopic (exact) mass is 501 g/mol. The van der Waals surface area contributed by atoms with Crippen molar-refractivity contribution in [2.75, 3.05) is 13.1 Å². The number of phenolic OH excluding ortho intramolecular Hbond substituents is 1. The number of amides is 1. The number of nitrogens with zero attached hydrogens (tertiary/aromatic N) is 1. The maximum absolute atomic E-state index is 13.0. The van der Waals surface area contributed by atoms with E-state index in [4.69, 9.17) is 0 Å². The minimum absolute atomic E-state index is 0.0275. The smallest absolute Gasteiger partial charge is 0.508 e. The SMILES string of the molecule is O=C(c1ccc(Sc2ccc(OC(F)(F)F)cc2)cc1)C1CCN(C(=O)c2cccc(O)c2)CC1. The summed E-state index contributed by atoms with van der Waals surface area (Å²) in [6, 6.07) is 18.9. The third-order valence-corrected chi connectivity index (χ3v) is 6.69. The van der Waals surface area contributed by atoms with E-state index in [1.54, 1.807) is 41.3 Å². The summed E-state index contributed by atoms with van der Waals surface area (Å²) in [6.45, 7) is 0.930. The van der Waals surface area contributed by atoms with Crippen LogP contribution in [0.4, 0.5) is 13.2 Å². The molecule has 5 nitrogen and oxygen atoms in total. The van der Waals surface area contributed by atoms with E-state index >= 15 is 0 Å². The Labute approximate surface area is 204 Å². The normalized spacial score (nSPS) is 14.5. The van der Waals surface area contributed by atoms with Crippen LogP contribution in [0.3, 0.4) is 0 Å². The van der Waals surface area contributed by atoms with Crippen molar-refractivity contribution in [2.24, 2.45) is 5.92 Å². The lowest BCUT2D eigenvalue weighted by molar-refractivity contribution is -0.274. The van der Waals surface area contributed by atoms with Crippen molar-refractivity contribution >= 4 is 23.5 Å². The molecule has 1 fully saturated rings. The van der Waals surface area contributed by atoms with Gasteiger partial charge in [0.25, 0.3) is 5.91 Å². The predicted octanol–water partition coefficient (Wildman–Crippen LogP) is 6.18. The molecular weight excluding hydrogens is 479 g/mol. The molecule has 3 aromatic rings. The number of ketones is 1. The number of benzene rings is 3. The van der Waals surface area contributed by atoms with Gasteiger partial charge in [-0.2, -0.15) is 0 Å². The molecule has 0 unspecified atom stereocenters. The lowest BCUT2D eigenvalue weighted by Crippen LogP contribution is -2.40. The van der Waals surface area contributed by atoms with E-state index in [9.17, 15) is 27.9 Å². The molecule has 1 aliphatic rings. The third-order valence-electron chi connectivity index (χ3n) is 5.68. The van der Waals surface area contributed by atoms with Crippen LogP contribution in [-0.2, 0) is 0 Å². The number of hydrogen-bond donors (Lipinski definition) is 1. The number of Topliss-reactive ketones (excluding diaryl/α,β-unsaturated/α-hetero) is 1. The summed E-state index contributed by atoms with van der Waals surface area (Å²) in [5, 5.41) is 9.59. The molecule has 0 aromatic heterocycles. The van der Waals surface area contributed by atoms with Gasteiger partial charge in [-0.1, -0.05) is 30.0 Å². The Kier molecular flexibility index (Phi) is 7.35. The van der Waals surface area contributed by atoms with Gasteiger partial charge in [0.05, 0.1) is 0 Å². The average Bonchev–Trinajstić information content (AvgIpc) is 2.84. The summed E-state index contributed by atoms with van der Waals surface area (Å²) in [4.78, 5) is 28.9. The first-order valence-corrected chi connectivity index (χ1v) is 11.8. The number of phenols is 1. The second kappa shape index (κ2) is 10.4. The van der Waals surface area contributed by atoms with Crippen LogP contribution < -0.4 is 4.74 Å². The van der Waals surface area contributed by atoms with Crippen molar-refractivity contribution in [3.05, 3.63) is 83.9 Å². The van der Waals surface area contributed by atoms with Crippen LogP contribution in [0.5, 0.6) is 11.5 Å². The summed E-state index contributed by atoms with van der Waals surface area (Å²) in [5.41, 5.74) is 1.01.